The van der Waals surface area contributed by atoms with Crippen molar-refractivity contribution in [2.75, 3.05) is 24.6 Å². The molecule has 1 saturated heterocycles. The molecule has 2 aliphatic rings. The van der Waals surface area contributed by atoms with Crippen LogP contribution in [-0.2, 0) is 25.6 Å². The zero-order valence-electron chi connectivity index (χ0n) is 20.7. The predicted octanol–water partition coefficient (Wildman–Crippen LogP) is 1.04. The van der Waals surface area contributed by atoms with Crippen LogP contribution >= 0.6 is 23.5 Å². The van der Waals surface area contributed by atoms with Gasteiger partial charge in [-0.25, -0.2) is 4.79 Å². The van der Waals surface area contributed by atoms with E-state index in [9.17, 15) is 29.4 Å². The molecule has 0 aliphatic carbocycles. The van der Waals surface area contributed by atoms with E-state index >= 15 is 0 Å². The van der Waals surface area contributed by atoms with Crippen LogP contribution in [0.15, 0.2) is 51.2 Å². The van der Waals surface area contributed by atoms with Gasteiger partial charge in [-0.15, -0.1) is 22.0 Å². The van der Waals surface area contributed by atoms with E-state index in [-0.39, 0.29) is 34.9 Å². The molecular weight excluding hydrogens is 534 g/mol. The second-order valence-electron chi connectivity index (χ2n) is 8.46. The minimum atomic E-state index is -1.45. The van der Waals surface area contributed by atoms with Crippen LogP contribution in [0.5, 0.6) is 0 Å². The fourth-order valence-electron chi connectivity index (χ4n) is 4.15. The number of carbonyl (C=O) groups is 4. The van der Waals surface area contributed by atoms with Gasteiger partial charge in [0.2, 0.25) is 11.8 Å². The molecule has 3 N–H and O–H groups in total. The summed E-state index contributed by atoms with van der Waals surface area (Å²) >= 11 is 2.43. The largest absolute Gasteiger partial charge is 0.477 e. The van der Waals surface area contributed by atoms with Crippen LogP contribution in [0.1, 0.15) is 31.4 Å². The van der Waals surface area contributed by atoms with Gasteiger partial charge in [-0.2, -0.15) is 0 Å². The summed E-state index contributed by atoms with van der Waals surface area (Å²) in [7, 11) is 0. The first-order chi connectivity index (χ1) is 18.2. The zero-order valence-corrected chi connectivity index (χ0v) is 22.3. The monoisotopic (exact) mass is 561 g/mol. The van der Waals surface area contributed by atoms with Crippen LogP contribution in [-0.4, -0.2) is 89.9 Å². The number of aliphatic hydroxyl groups excluding tert-OH is 1. The van der Waals surface area contributed by atoms with Gasteiger partial charge in [0.1, 0.15) is 23.5 Å². The summed E-state index contributed by atoms with van der Waals surface area (Å²) in [6.07, 6.45) is -1.47. The average molecular weight is 562 g/mol. The van der Waals surface area contributed by atoms with Crippen molar-refractivity contribution >= 4 is 47.2 Å². The van der Waals surface area contributed by atoms with E-state index in [1.54, 1.807) is 35.2 Å². The SMILES string of the molecule is CCN(CC)C(=O)Cc1nnc(SCC2=C(C(=O)O)N3C(=O)C(NC(=O)[C@H](O)c4ccccc4)[C@H]3SC2)o1. The Hall–Kier alpha value is -3.36. The highest BCUT2D eigenvalue weighted by molar-refractivity contribution is 8.01. The standard InChI is InChI=1S/C24H27N5O7S2/c1-3-28(4-2)16(30)10-15-26-27-24(36-15)38-12-14-11-37-22-17(21(33)29(22)18(14)23(34)35)25-20(32)19(31)13-8-6-5-7-9-13/h5-9,17,19,22,31H,3-4,10-12H2,1-2H3,(H,25,32)(H,34,35)/t17?,19-,22-/m1/s1. The van der Waals surface area contributed by atoms with Crippen molar-refractivity contribution in [3.05, 3.63) is 53.1 Å². The molecule has 0 radical (unpaired) electrons. The number of carboxylic acid groups (broad SMARTS) is 1. The molecule has 0 spiro atoms. The first-order valence-corrected chi connectivity index (χ1v) is 13.9. The van der Waals surface area contributed by atoms with E-state index in [4.69, 9.17) is 4.42 Å². The lowest BCUT2D eigenvalue weighted by Crippen LogP contribution is -2.70. The molecule has 2 aliphatic heterocycles. The lowest BCUT2D eigenvalue weighted by molar-refractivity contribution is -0.151. The second-order valence-corrected chi connectivity index (χ2v) is 10.5. The number of fused-ring (bicyclic) bond motifs is 1. The number of thioether (sulfide) groups is 2. The summed E-state index contributed by atoms with van der Waals surface area (Å²) in [5, 5.41) is 30.1. The Kier molecular flexibility index (Phi) is 8.74. The predicted molar refractivity (Wildman–Crippen MR) is 138 cm³/mol. The van der Waals surface area contributed by atoms with Gasteiger partial charge in [-0.1, -0.05) is 42.1 Å². The highest BCUT2D eigenvalue weighted by atomic mass is 32.2. The maximum atomic E-state index is 12.9. The van der Waals surface area contributed by atoms with E-state index in [2.05, 4.69) is 15.5 Å². The number of nitrogens with one attached hydrogen (secondary N) is 1. The minimum absolute atomic E-state index is 0.0236. The third-order valence-electron chi connectivity index (χ3n) is 6.15. The van der Waals surface area contributed by atoms with E-state index in [1.807, 2.05) is 13.8 Å². The fraction of sp³-hybridized carbons (Fsp3) is 0.417. The van der Waals surface area contributed by atoms with Crippen molar-refractivity contribution in [2.45, 2.75) is 43.0 Å². The highest BCUT2D eigenvalue weighted by Crippen LogP contribution is 2.41. The lowest BCUT2D eigenvalue weighted by Gasteiger charge is -2.49. The zero-order chi connectivity index (χ0) is 27.4. The first-order valence-electron chi connectivity index (χ1n) is 11.9. The van der Waals surface area contributed by atoms with Crippen molar-refractivity contribution in [3.8, 4) is 0 Å². The molecule has 12 nitrogen and oxygen atoms in total. The number of likely N-dealkylation sites (N-methyl/N-ethyl adjacent to an activating group) is 1. The molecular formula is C24H27N5O7S2. The highest BCUT2D eigenvalue weighted by Gasteiger charge is 2.54. The third kappa shape index (κ3) is 5.71. The molecule has 4 rings (SSSR count). The van der Waals surface area contributed by atoms with Crippen LogP contribution in [0.25, 0.3) is 0 Å². The van der Waals surface area contributed by atoms with E-state index in [0.29, 0.717) is 30.0 Å². The number of nitrogens with zero attached hydrogens (tertiary/aromatic N) is 4. The Labute approximate surface area is 226 Å². The number of carbonyl (C=O) groups excluding carboxylic acids is 3. The Morgan fingerprint density at radius 3 is 2.61 bits per heavy atom. The number of β-lactam (4-membered cyclic amide) rings is 1. The van der Waals surface area contributed by atoms with Gasteiger partial charge in [0.05, 0.1) is 0 Å². The average Bonchev–Trinajstić information content (AvgIpc) is 3.37. The van der Waals surface area contributed by atoms with Crippen molar-refractivity contribution < 1.29 is 33.8 Å². The van der Waals surface area contributed by atoms with Gasteiger partial charge in [0, 0.05) is 24.6 Å². The van der Waals surface area contributed by atoms with Crippen molar-refractivity contribution in [1.29, 1.82) is 0 Å². The van der Waals surface area contributed by atoms with Crippen molar-refractivity contribution in [2.24, 2.45) is 0 Å². The van der Waals surface area contributed by atoms with Crippen LogP contribution in [0.3, 0.4) is 0 Å². The number of hydrogen-bond acceptors (Lipinski definition) is 10. The van der Waals surface area contributed by atoms with Gasteiger partial charge in [0.15, 0.2) is 6.10 Å². The number of hydrogen-bond donors (Lipinski definition) is 3. The number of carboxylic acids is 1. The van der Waals surface area contributed by atoms with Crippen molar-refractivity contribution in [3.63, 3.8) is 0 Å². The maximum absolute atomic E-state index is 12.9. The number of aliphatic carboxylic acids is 1. The molecule has 1 unspecified atom stereocenters. The molecule has 1 aromatic heterocycles. The van der Waals surface area contributed by atoms with Gasteiger partial charge < -0.3 is 24.8 Å². The summed E-state index contributed by atoms with van der Waals surface area (Å²) < 4.78 is 5.55. The molecule has 0 bridgehead atoms. The Morgan fingerprint density at radius 2 is 1.95 bits per heavy atom. The molecule has 3 atom stereocenters. The Bertz CT molecular complexity index is 1250. The molecule has 2 aromatic rings. The van der Waals surface area contributed by atoms with Crippen LogP contribution in [0.4, 0.5) is 0 Å². The number of aliphatic hydroxyl groups is 1. The topological polar surface area (TPSA) is 166 Å². The van der Waals surface area contributed by atoms with Crippen molar-refractivity contribution in [1.82, 2.24) is 25.3 Å². The molecule has 202 valence electrons. The quantitative estimate of drug-likeness (QED) is 0.265. The smallest absolute Gasteiger partial charge is 0.352 e. The normalized spacial score (nSPS) is 19.4. The summed E-state index contributed by atoms with van der Waals surface area (Å²) in [5.74, 6) is -2.03. The molecule has 14 heteroatoms. The number of aromatic nitrogens is 2. The number of amides is 3. The van der Waals surface area contributed by atoms with Gasteiger partial charge >= 0.3 is 5.97 Å². The summed E-state index contributed by atoms with van der Waals surface area (Å²) in [5.41, 5.74) is 0.735. The summed E-state index contributed by atoms with van der Waals surface area (Å²) in [6, 6.07) is 7.36. The molecule has 3 amide bonds. The molecule has 3 heterocycles. The fourth-order valence-corrected chi connectivity index (χ4v) is 6.41. The van der Waals surface area contributed by atoms with Crippen LogP contribution < -0.4 is 5.32 Å². The maximum Gasteiger partial charge on any atom is 0.352 e. The van der Waals surface area contributed by atoms with Crippen LogP contribution in [0, 0.1) is 0 Å². The number of rotatable bonds is 11. The second kappa shape index (κ2) is 12.0. The molecule has 1 aromatic carbocycles. The molecule has 38 heavy (non-hydrogen) atoms. The van der Waals surface area contributed by atoms with E-state index in [0.717, 1.165) is 16.7 Å². The van der Waals surface area contributed by atoms with Crippen LogP contribution in [0.2, 0.25) is 0 Å². The Morgan fingerprint density at radius 1 is 1.24 bits per heavy atom. The summed E-state index contributed by atoms with van der Waals surface area (Å²) in [4.78, 5) is 52.6. The van der Waals surface area contributed by atoms with Gasteiger partial charge in [-0.3, -0.25) is 19.3 Å². The van der Waals surface area contributed by atoms with Gasteiger partial charge in [0.25, 0.3) is 17.0 Å². The lowest BCUT2D eigenvalue weighted by atomic mass is 10.0. The van der Waals surface area contributed by atoms with E-state index < -0.39 is 35.3 Å². The molecule has 1 fully saturated rings. The number of benzene rings is 1. The Balaban J connectivity index is 1.39. The summed E-state index contributed by atoms with van der Waals surface area (Å²) in [6.45, 7) is 4.90. The van der Waals surface area contributed by atoms with E-state index in [1.165, 1.54) is 11.8 Å². The third-order valence-corrected chi connectivity index (χ3v) is 8.39. The first kappa shape index (κ1) is 27.7. The van der Waals surface area contributed by atoms with Gasteiger partial charge in [-0.05, 0) is 25.0 Å². The minimum Gasteiger partial charge on any atom is -0.477 e. The molecule has 0 saturated carbocycles.